The quantitative estimate of drug-likeness (QED) is 0.873. The van der Waals surface area contributed by atoms with Crippen molar-refractivity contribution < 1.29 is 9.13 Å². The number of halogens is 1. The van der Waals surface area contributed by atoms with Crippen molar-refractivity contribution in [3.8, 4) is 5.75 Å². The lowest BCUT2D eigenvalue weighted by molar-refractivity contribution is 0.180. The minimum atomic E-state index is -0.275. The van der Waals surface area contributed by atoms with Crippen LogP contribution in [-0.2, 0) is 0 Å². The van der Waals surface area contributed by atoms with Gasteiger partial charge in [-0.2, -0.15) is 0 Å². The fourth-order valence-electron chi connectivity index (χ4n) is 2.40. The maximum atomic E-state index is 13.3. The van der Waals surface area contributed by atoms with Crippen molar-refractivity contribution in [2.75, 3.05) is 13.2 Å². The summed E-state index contributed by atoms with van der Waals surface area (Å²) in [6.07, 6.45) is 4.66. The number of hydrogen-bond acceptors (Lipinski definition) is 2. The summed E-state index contributed by atoms with van der Waals surface area (Å²) in [5.74, 6) is 1.33. The van der Waals surface area contributed by atoms with Crippen molar-refractivity contribution in [1.29, 1.82) is 0 Å². The van der Waals surface area contributed by atoms with Crippen LogP contribution in [0.15, 0.2) is 24.3 Å². The first-order valence-electron chi connectivity index (χ1n) is 6.37. The van der Waals surface area contributed by atoms with E-state index in [1.54, 1.807) is 18.2 Å². The van der Waals surface area contributed by atoms with Gasteiger partial charge in [0.1, 0.15) is 0 Å². The van der Waals surface area contributed by atoms with E-state index in [2.05, 4.69) is 0 Å². The second-order valence-corrected chi connectivity index (χ2v) is 4.86. The molecule has 2 N–H and O–H groups in total. The van der Waals surface area contributed by atoms with Crippen LogP contribution in [0.25, 0.3) is 0 Å². The zero-order chi connectivity index (χ0) is 12.1. The Morgan fingerprint density at radius 1 is 1.12 bits per heavy atom. The fraction of sp³-hybridized carbons (Fsp3) is 0.571. The average Bonchev–Trinajstić information content (AvgIpc) is 2.38. The minimum absolute atomic E-state index is 0.275. The molecule has 0 atom stereocenters. The number of benzene rings is 1. The molecule has 2 rings (SSSR count). The summed E-state index contributed by atoms with van der Waals surface area (Å²) in [6.45, 7) is 1.42. The first kappa shape index (κ1) is 12.4. The first-order valence-corrected chi connectivity index (χ1v) is 6.37. The topological polar surface area (TPSA) is 35.2 Å². The van der Waals surface area contributed by atoms with Crippen molar-refractivity contribution >= 4 is 0 Å². The predicted molar refractivity (Wildman–Crippen MR) is 66.4 cm³/mol. The normalized spacial score (nSPS) is 24.6. The summed E-state index contributed by atoms with van der Waals surface area (Å²) < 4.78 is 18.9. The third-order valence-electron chi connectivity index (χ3n) is 3.61. The van der Waals surface area contributed by atoms with Gasteiger partial charge >= 0.3 is 0 Å². The van der Waals surface area contributed by atoms with Gasteiger partial charge in [-0.25, -0.2) is 4.39 Å². The number of rotatable bonds is 4. The second-order valence-electron chi connectivity index (χ2n) is 4.86. The molecular formula is C14H20FNO. The van der Waals surface area contributed by atoms with E-state index in [0.29, 0.717) is 24.2 Å². The van der Waals surface area contributed by atoms with E-state index in [1.165, 1.54) is 18.9 Å². The number of ether oxygens (including phenoxy) is 1. The van der Waals surface area contributed by atoms with Gasteiger partial charge in [0.05, 0.1) is 6.61 Å². The Morgan fingerprint density at radius 3 is 2.41 bits per heavy atom. The highest BCUT2D eigenvalue weighted by Crippen LogP contribution is 2.29. The lowest BCUT2D eigenvalue weighted by Gasteiger charge is -2.27. The van der Waals surface area contributed by atoms with Gasteiger partial charge in [0, 0.05) is 0 Å². The molecule has 0 unspecified atom stereocenters. The molecule has 0 aromatic heterocycles. The smallest absolute Gasteiger partial charge is 0.165 e. The van der Waals surface area contributed by atoms with E-state index in [-0.39, 0.29) is 5.82 Å². The van der Waals surface area contributed by atoms with Crippen LogP contribution in [0.5, 0.6) is 5.75 Å². The monoisotopic (exact) mass is 237 g/mol. The van der Waals surface area contributed by atoms with Gasteiger partial charge in [-0.15, -0.1) is 0 Å². The summed E-state index contributed by atoms with van der Waals surface area (Å²) in [7, 11) is 0. The molecular weight excluding hydrogens is 217 g/mol. The summed E-state index contributed by atoms with van der Waals surface area (Å²) in [4.78, 5) is 0. The van der Waals surface area contributed by atoms with Crippen LogP contribution >= 0.6 is 0 Å². The molecule has 1 aliphatic carbocycles. The molecule has 0 spiro atoms. The molecule has 0 aliphatic heterocycles. The second kappa shape index (κ2) is 6.01. The fourth-order valence-corrected chi connectivity index (χ4v) is 2.40. The van der Waals surface area contributed by atoms with Crippen LogP contribution in [0.1, 0.15) is 25.7 Å². The Kier molecular flexibility index (Phi) is 4.37. The average molecular weight is 237 g/mol. The van der Waals surface area contributed by atoms with Gasteiger partial charge in [-0.1, -0.05) is 12.1 Å². The Hall–Kier alpha value is -1.09. The highest BCUT2D eigenvalue weighted by Gasteiger charge is 2.20. The molecule has 2 nitrogen and oxygen atoms in total. The third kappa shape index (κ3) is 3.43. The van der Waals surface area contributed by atoms with Crippen LogP contribution in [0.3, 0.4) is 0 Å². The van der Waals surface area contributed by atoms with Gasteiger partial charge in [0.25, 0.3) is 0 Å². The molecule has 1 aromatic rings. The molecule has 1 saturated carbocycles. The van der Waals surface area contributed by atoms with Crippen LogP contribution in [0, 0.1) is 17.7 Å². The summed E-state index contributed by atoms with van der Waals surface area (Å²) in [5, 5.41) is 0. The van der Waals surface area contributed by atoms with E-state index in [9.17, 15) is 4.39 Å². The zero-order valence-corrected chi connectivity index (χ0v) is 10.1. The number of para-hydroxylation sites is 1. The van der Waals surface area contributed by atoms with E-state index in [0.717, 1.165) is 19.4 Å². The van der Waals surface area contributed by atoms with Crippen LogP contribution in [0.4, 0.5) is 4.39 Å². The Bertz CT molecular complexity index is 348. The standard InChI is InChI=1S/C14H20FNO/c15-13-3-1-2-4-14(13)17-10-12-7-5-11(9-16)6-8-12/h1-4,11-12H,5-10,16H2/t11-,12+. The minimum Gasteiger partial charge on any atom is -0.490 e. The van der Waals surface area contributed by atoms with Crippen LogP contribution < -0.4 is 10.5 Å². The summed E-state index contributed by atoms with van der Waals surface area (Å²) >= 11 is 0. The van der Waals surface area contributed by atoms with Crippen molar-refractivity contribution in [2.45, 2.75) is 25.7 Å². The van der Waals surface area contributed by atoms with E-state index < -0.39 is 0 Å². The molecule has 0 bridgehead atoms. The largest absolute Gasteiger partial charge is 0.490 e. The van der Waals surface area contributed by atoms with Crippen molar-refractivity contribution in [3.63, 3.8) is 0 Å². The Labute approximate surface area is 102 Å². The molecule has 1 aliphatic rings. The molecule has 1 fully saturated rings. The SMILES string of the molecule is NC[C@H]1CC[C@@H](COc2ccccc2F)CC1. The summed E-state index contributed by atoms with van der Waals surface area (Å²) in [6, 6.07) is 6.58. The van der Waals surface area contributed by atoms with Gasteiger partial charge in [0.15, 0.2) is 11.6 Å². The van der Waals surface area contributed by atoms with Gasteiger partial charge in [0.2, 0.25) is 0 Å². The molecule has 0 amide bonds. The lowest BCUT2D eigenvalue weighted by Crippen LogP contribution is -2.24. The first-order chi connectivity index (χ1) is 8.29. The third-order valence-corrected chi connectivity index (χ3v) is 3.61. The number of nitrogens with two attached hydrogens (primary N) is 1. The van der Waals surface area contributed by atoms with Crippen molar-refractivity contribution in [3.05, 3.63) is 30.1 Å². The maximum Gasteiger partial charge on any atom is 0.165 e. The maximum absolute atomic E-state index is 13.3. The Balaban J connectivity index is 1.78. The highest BCUT2D eigenvalue weighted by molar-refractivity contribution is 5.23. The summed E-state index contributed by atoms with van der Waals surface area (Å²) in [5.41, 5.74) is 5.65. The van der Waals surface area contributed by atoms with Crippen LogP contribution in [-0.4, -0.2) is 13.2 Å². The van der Waals surface area contributed by atoms with Gasteiger partial charge in [-0.3, -0.25) is 0 Å². The molecule has 0 heterocycles. The van der Waals surface area contributed by atoms with Gasteiger partial charge < -0.3 is 10.5 Å². The molecule has 1 aromatic carbocycles. The lowest BCUT2D eigenvalue weighted by atomic mass is 9.82. The van der Waals surface area contributed by atoms with E-state index in [1.807, 2.05) is 0 Å². The van der Waals surface area contributed by atoms with E-state index >= 15 is 0 Å². The number of hydrogen-bond donors (Lipinski definition) is 1. The molecule has 17 heavy (non-hydrogen) atoms. The molecule has 0 radical (unpaired) electrons. The van der Waals surface area contributed by atoms with Gasteiger partial charge in [-0.05, 0) is 56.2 Å². The van der Waals surface area contributed by atoms with Crippen molar-refractivity contribution in [2.24, 2.45) is 17.6 Å². The van der Waals surface area contributed by atoms with E-state index in [4.69, 9.17) is 10.5 Å². The molecule has 0 saturated heterocycles. The zero-order valence-electron chi connectivity index (χ0n) is 10.1. The predicted octanol–water partition coefficient (Wildman–Crippen LogP) is 2.97. The Morgan fingerprint density at radius 2 is 1.76 bits per heavy atom. The molecule has 3 heteroatoms. The van der Waals surface area contributed by atoms with Crippen LogP contribution in [0.2, 0.25) is 0 Å². The van der Waals surface area contributed by atoms with Crippen molar-refractivity contribution in [1.82, 2.24) is 0 Å². The molecule has 94 valence electrons. The highest BCUT2D eigenvalue weighted by atomic mass is 19.1.